The maximum Gasteiger partial charge on any atom is 0.410 e. The van der Waals surface area contributed by atoms with Gasteiger partial charge in [-0.15, -0.1) is 0 Å². The third-order valence-corrected chi connectivity index (χ3v) is 11.4. The Morgan fingerprint density at radius 1 is 1.00 bits per heavy atom. The van der Waals surface area contributed by atoms with Gasteiger partial charge in [0.2, 0.25) is 0 Å². The first-order valence-corrected chi connectivity index (χ1v) is 14.0. The zero-order valence-corrected chi connectivity index (χ0v) is 22.4. The van der Waals surface area contributed by atoms with Gasteiger partial charge in [0.15, 0.2) is 0 Å². The normalized spacial score (nSPS) is 19.4. The van der Waals surface area contributed by atoms with Gasteiger partial charge in [-0.05, 0) is 49.0 Å². The molecule has 0 bridgehead atoms. The molecule has 1 saturated heterocycles. The number of hydrogen-bond donors (Lipinski definition) is 0. The van der Waals surface area contributed by atoms with Gasteiger partial charge in [0.05, 0.1) is 24.6 Å². The van der Waals surface area contributed by atoms with Crippen molar-refractivity contribution < 1.29 is 14.0 Å². The molecule has 0 spiro atoms. The molecular formula is C28H38N2O3Si. The van der Waals surface area contributed by atoms with Crippen molar-refractivity contribution in [2.45, 2.75) is 71.1 Å². The van der Waals surface area contributed by atoms with Crippen molar-refractivity contribution in [2.75, 3.05) is 13.2 Å². The standard InChI is InChI=1S/C28H38N2O3Si/c1-27(2,3)33-26(31)30-18-17-22(20-29)19-23(30)21-32-34(28(4,5)6,24-13-9-7-10-14-24)25-15-11-8-12-16-25/h7-16,22-23H,17-19,21H2,1-6H3/t22-,23+/m1/s1. The predicted octanol–water partition coefficient (Wildman–Crippen LogP) is 5.10. The maximum atomic E-state index is 13.1. The SMILES string of the molecule is CC(C)(C)OC(=O)N1CC[C@@H](C#N)C[C@H]1CO[Si](c1ccccc1)(c1ccccc1)C(C)(C)C. The van der Waals surface area contributed by atoms with Crippen molar-refractivity contribution in [1.29, 1.82) is 5.26 Å². The molecule has 182 valence electrons. The fourth-order valence-corrected chi connectivity index (χ4v) is 9.47. The van der Waals surface area contributed by atoms with E-state index in [0.717, 1.165) is 0 Å². The summed E-state index contributed by atoms with van der Waals surface area (Å²) in [7, 11) is -2.74. The summed E-state index contributed by atoms with van der Waals surface area (Å²) < 4.78 is 12.8. The highest BCUT2D eigenvalue weighted by molar-refractivity contribution is 6.99. The molecule has 1 heterocycles. The molecule has 1 aliphatic heterocycles. The Morgan fingerprint density at radius 2 is 1.53 bits per heavy atom. The summed E-state index contributed by atoms with van der Waals surface area (Å²) in [6.45, 7) is 13.2. The molecule has 34 heavy (non-hydrogen) atoms. The summed E-state index contributed by atoms with van der Waals surface area (Å²) in [6, 6.07) is 23.2. The van der Waals surface area contributed by atoms with Crippen LogP contribution < -0.4 is 10.4 Å². The van der Waals surface area contributed by atoms with E-state index in [0.29, 0.717) is 26.0 Å². The van der Waals surface area contributed by atoms with Crippen molar-refractivity contribution >= 4 is 24.8 Å². The number of carbonyl (C=O) groups excluding carboxylic acids is 1. The minimum Gasteiger partial charge on any atom is -0.444 e. The molecule has 2 atom stereocenters. The van der Waals surface area contributed by atoms with Crippen LogP contribution >= 0.6 is 0 Å². The first kappa shape index (κ1) is 26.0. The third-order valence-electron chi connectivity index (χ3n) is 6.44. The van der Waals surface area contributed by atoms with Crippen LogP contribution in [0, 0.1) is 17.2 Å². The Bertz CT molecular complexity index is 951. The smallest absolute Gasteiger partial charge is 0.410 e. The van der Waals surface area contributed by atoms with Crippen LogP contribution in [0.15, 0.2) is 60.7 Å². The van der Waals surface area contributed by atoms with Gasteiger partial charge in [-0.3, -0.25) is 0 Å². The monoisotopic (exact) mass is 478 g/mol. The summed E-state index contributed by atoms with van der Waals surface area (Å²) in [5.41, 5.74) is -0.577. The van der Waals surface area contributed by atoms with E-state index >= 15 is 0 Å². The molecule has 1 fully saturated rings. The first-order valence-electron chi connectivity index (χ1n) is 12.1. The van der Waals surface area contributed by atoms with Crippen molar-refractivity contribution in [2.24, 2.45) is 5.92 Å². The van der Waals surface area contributed by atoms with E-state index in [2.05, 4.69) is 75.4 Å². The van der Waals surface area contributed by atoms with E-state index in [1.807, 2.05) is 32.9 Å². The molecule has 2 aromatic rings. The fraction of sp³-hybridized carbons (Fsp3) is 0.500. The highest BCUT2D eigenvalue weighted by Gasteiger charge is 2.51. The maximum absolute atomic E-state index is 13.1. The average Bonchev–Trinajstić information content (AvgIpc) is 2.78. The molecule has 5 nitrogen and oxygen atoms in total. The second kappa shape index (κ2) is 10.3. The van der Waals surface area contributed by atoms with E-state index in [9.17, 15) is 10.1 Å². The molecule has 0 aromatic heterocycles. The van der Waals surface area contributed by atoms with Crippen molar-refractivity contribution in [3.63, 3.8) is 0 Å². The van der Waals surface area contributed by atoms with Crippen LogP contribution in [0.25, 0.3) is 0 Å². The average molecular weight is 479 g/mol. The van der Waals surface area contributed by atoms with E-state index in [-0.39, 0.29) is 23.1 Å². The molecule has 0 N–H and O–H groups in total. The Morgan fingerprint density at radius 3 is 1.97 bits per heavy atom. The van der Waals surface area contributed by atoms with Gasteiger partial charge < -0.3 is 14.1 Å². The zero-order valence-electron chi connectivity index (χ0n) is 21.4. The largest absolute Gasteiger partial charge is 0.444 e. The predicted molar refractivity (Wildman–Crippen MR) is 139 cm³/mol. The summed E-state index contributed by atoms with van der Waals surface area (Å²) >= 11 is 0. The Balaban J connectivity index is 2.00. The molecule has 0 radical (unpaired) electrons. The molecular weight excluding hydrogens is 440 g/mol. The van der Waals surface area contributed by atoms with Crippen LogP contribution in [0.3, 0.4) is 0 Å². The lowest BCUT2D eigenvalue weighted by molar-refractivity contribution is -0.000346. The second-order valence-corrected chi connectivity index (χ2v) is 15.5. The third kappa shape index (κ3) is 5.71. The number of benzene rings is 2. The summed E-state index contributed by atoms with van der Waals surface area (Å²) in [6.07, 6.45) is 0.916. The molecule has 2 aromatic carbocycles. The minimum absolute atomic E-state index is 0.0913. The highest BCUT2D eigenvalue weighted by atomic mass is 28.4. The number of rotatable bonds is 5. The number of nitriles is 1. The quantitative estimate of drug-likeness (QED) is 0.561. The van der Waals surface area contributed by atoms with Crippen LogP contribution in [0.2, 0.25) is 5.04 Å². The van der Waals surface area contributed by atoms with Crippen LogP contribution in [-0.4, -0.2) is 44.1 Å². The van der Waals surface area contributed by atoms with Crippen LogP contribution in [0.5, 0.6) is 0 Å². The minimum atomic E-state index is -2.74. The molecule has 0 unspecified atom stereocenters. The van der Waals surface area contributed by atoms with Crippen LogP contribution in [0.4, 0.5) is 4.79 Å². The van der Waals surface area contributed by atoms with Gasteiger partial charge >= 0.3 is 6.09 Å². The molecule has 0 aliphatic carbocycles. The van der Waals surface area contributed by atoms with Crippen molar-refractivity contribution in [3.05, 3.63) is 60.7 Å². The number of likely N-dealkylation sites (tertiary alicyclic amines) is 1. The van der Waals surface area contributed by atoms with Gasteiger partial charge in [0, 0.05) is 6.54 Å². The summed E-state index contributed by atoms with van der Waals surface area (Å²) in [5.74, 6) is -0.0913. The van der Waals surface area contributed by atoms with E-state index in [4.69, 9.17) is 9.16 Å². The van der Waals surface area contributed by atoms with Gasteiger partial charge in [-0.2, -0.15) is 5.26 Å². The van der Waals surface area contributed by atoms with Crippen molar-refractivity contribution in [3.8, 4) is 6.07 Å². The van der Waals surface area contributed by atoms with Gasteiger partial charge in [0.25, 0.3) is 8.32 Å². The van der Waals surface area contributed by atoms with E-state index < -0.39 is 13.9 Å². The fourth-order valence-electron chi connectivity index (χ4n) is 4.87. The lowest BCUT2D eigenvalue weighted by Gasteiger charge is -2.45. The van der Waals surface area contributed by atoms with Gasteiger partial charge in [-0.25, -0.2) is 4.79 Å². The Labute approximate surface area is 205 Å². The van der Waals surface area contributed by atoms with Crippen LogP contribution in [-0.2, 0) is 9.16 Å². The lowest BCUT2D eigenvalue weighted by atomic mass is 9.93. The Kier molecular flexibility index (Phi) is 7.90. The molecule has 3 rings (SSSR count). The molecule has 6 heteroatoms. The number of amides is 1. The van der Waals surface area contributed by atoms with Crippen molar-refractivity contribution in [1.82, 2.24) is 4.90 Å². The van der Waals surface area contributed by atoms with Crippen LogP contribution in [0.1, 0.15) is 54.4 Å². The summed E-state index contributed by atoms with van der Waals surface area (Å²) in [4.78, 5) is 14.8. The number of nitrogens with zero attached hydrogens (tertiary/aromatic N) is 2. The number of carbonyl (C=O) groups is 1. The molecule has 0 saturated carbocycles. The highest BCUT2D eigenvalue weighted by Crippen LogP contribution is 2.37. The lowest BCUT2D eigenvalue weighted by Crippen LogP contribution is -2.67. The van der Waals surface area contributed by atoms with Gasteiger partial charge in [-0.1, -0.05) is 81.4 Å². The number of piperidine rings is 1. The number of ether oxygens (including phenoxy) is 1. The Hall–Kier alpha value is -2.62. The number of hydrogen-bond acceptors (Lipinski definition) is 4. The van der Waals surface area contributed by atoms with E-state index in [1.54, 1.807) is 4.90 Å². The molecule has 1 aliphatic rings. The van der Waals surface area contributed by atoms with Gasteiger partial charge in [0.1, 0.15) is 5.60 Å². The second-order valence-electron chi connectivity index (χ2n) is 11.2. The topological polar surface area (TPSA) is 62.6 Å². The molecule has 1 amide bonds. The first-order chi connectivity index (χ1) is 16.0. The van der Waals surface area contributed by atoms with E-state index in [1.165, 1.54) is 10.4 Å². The zero-order chi connectivity index (χ0) is 25.0. The summed E-state index contributed by atoms with van der Waals surface area (Å²) in [5, 5.41) is 11.9.